The van der Waals surface area contributed by atoms with Crippen molar-refractivity contribution in [2.75, 3.05) is 33.4 Å². The molecule has 1 aromatic rings. The lowest BCUT2D eigenvalue weighted by atomic mass is 9.99. The normalized spacial score (nSPS) is 21.2. The Bertz CT molecular complexity index is 334. The van der Waals surface area contributed by atoms with Gasteiger partial charge >= 0.3 is 0 Å². The highest BCUT2D eigenvalue weighted by atomic mass is 16.5. The second-order valence-corrected chi connectivity index (χ2v) is 4.92. The van der Waals surface area contributed by atoms with Crippen LogP contribution in [0.25, 0.3) is 0 Å². The monoisotopic (exact) mass is 248 g/mol. The first kappa shape index (κ1) is 13.5. The molecule has 1 N–H and O–H groups in total. The lowest BCUT2D eigenvalue weighted by Gasteiger charge is -2.33. The van der Waals surface area contributed by atoms with E-state index < -0.39 is 0 Å². The van der Waals surface area contributed by atoms with Crippen LogP contribution in [0.5, 0.6) is 0 Å². The third-order valence-corrected chi connectivity index (χ3v) is 3.78. The topological polar surface area (TPSA) is 24.5 Å². The molecule has 2 atom stereocenters. The van der Waals surface area contributed by atoms with Crippen LogP contribution in [-0.2, 0) is 4.74 Å². The van der Waals surface area contributed by atoms with Crippen molar-refractivity contribution >= 4 is 0 Å². The zero-order valence-electron chi connectivity index (χ0n) is 11.4. The zero-order chi connectivity index (χ0) is 12.8. The number of nitrogens with one attached hydrogen (secondary N) is 1. The standard InChI is InChI=1S/C15H24N2O/c1-13(17-9-6-11-18-12-10-17)15(16-2)14-7-4-3-5-8-14/h3-5,7-8,13,15-16H,6,9-12H2,1-2H3. The Morgan fingerprint density at radius 3 is 2.67 bits per heavy atom. The summed E-state index contributed by atoms with van der Waals surface area (Å²) in [7, 11) is 2.04. The average molecular weight is 248 g/mol. The molecule has 3 heteroatoms. The molecule has 1 saturated heterocycles. The van der Waals surface area contributed by atoms with Crippen LogP contribution in [0, 0.1) is 0 Å². The fraction of sp³-hybridized carbons (Fsp3) is 0.600. The second kappa shape index (κ2) is 6.88. The van der Waals surface area contributed by atoms with Gasteiger partial charge in [-0.25, -0.2) is 0 Å². The van der Waals surface area contributed by atoms with Crippen molar-refractivity contribution in [3.8, 4) is 0 Å². The Hall–Kier alpha value is -0.900. The molecule has 3 nitrogen and oxygen atoms in total. The summed E-state index contributed by atoms with van der Waals surface area (Å²) < 4.78 is 5.53. The van der Waals surface area contributed by atoms with Crippen LogP contribution < -0.4 is 5.32 Å². The molecule has 0 spiro atoms. The predicted molar refractivity (Wildman–Crippen MR) is 74.7 cm³/mol. The van der Waals surface area contributed by atoms with Crippen molar-refractivity contribution in [2.24, 2.45) is 0 Å². The molecule has 100 valence electrons. The van der Waals surface area contributed by atoms with Crippen molar-refractivity contribution in [3.63, 3.8) is 0 Å². The number of hydrogen-bond donors (Lipinski definition) is 1. The van der Waals surface area contributed by atoms with Crippen molar-refractivity contribution in [2.45, 2.75) is 25.4 Å². The van der Waals surface area contributed by atoms with Crippen LogP contribution in [0.4, 0.5) is 0 Å². The number of likely N-dealkylation sites (N-methyl/N-ethyl adjacent to an activating group) is 1. The highest BCUT2D eigenvalue weighted by Crippen LogP contribution is 2.21. The number of ether oxygens (including phenoxy) is 1. The maximum Gasteiger partial charge on any atom is 0.0593 e. The van der Waals surface area contributed by atoms with Crippen molar-refractivity contribution < 1.29 is 4.74 Å². The molecular weight excluding hydrogens is 224 g/mol. The first-order valence-electron chi connectivity index (χ1n) is 6.87. The molecule has 18 heavy (non-hydrogen) atoms. The van der Waals surface area contributed by atoms with E-state index in [9.17, 15) is 0 Å². The highest BCUT2D eigenvalue weighted by Gasteiger charge is 2.24. The molecule has 0 bridgehead atoms. The average Bonchev–Trinajstić information content (AvgIpc) is 2.69. The Morgan fingerprint density at radius 1 is 1.17 bits per heavy atom. The molecule has 1 aromatic carbocycles. The number of benzene rings is 1. The van der Waals surface area contributed by atoms with Crippen LogP contribution in [0.2, 0.25) is 0 Å². The molecule has 1 aliphatic heterocycles. The summed E-state index contributed by atoms with van der Waals surface area (Å²) in [6.45, 7) is 6.23. The maximum absolute atomic E-state index is 5.53. The Kier molecular flexibility index (Phi) is 5.17. The third-order valence-electron chi connectivity index (χ3n) is 3.78. The van der Waals surface area contributed by atoms with Gasteiger partial charge in [0.25, 0.3) is 0 Å². The Morgan fingerprint density at radius 2 is 1.94 bits per heavy atom. The summed E-state index contributed by atoms with van der Waals surface area (Å²) in [5, 5.41) is 3.45. The molecule has 0 amide bonds. The number of rotatable bonds is 4. The molecule has 0 aliphatic carbocycles. The quantitative estimate of drug-likeness (QED) is 0.882. The molecule has 2 rings (SSSR count). The molecular formula is C15H24N2O. The minimum atomic E-state index is 0.379. The van der Waals surface area contributed by atoms with Gasteiger partial charge in [0.2, 0.25) is 0 Å². The van der Waals surface area contributed by atoms with E-state index in [1.165, 1.54) is 5.56 Å². The second-order valence-electron chi connectivity index (χ2n) is 4.92. The summed E-state index contributed by atoms with van der Waals surface area (Å²) in [5.74, 6) is 0. The molecule has 1 aliphatic rings. The van der Waals surface area contributed by atoms with Gasteiger partial charge < -0.3 is 10.1 Å². The molecule has 2 unspecified atom stereocenters. The van der Waals surface area contributed by atoms with Gasteiger partial charge in [-0.3, -0.25) is 4.90 Å². The van der Waals surface area contributed by atoms with Gasteiger partial charge in [-0.05, 0) is 26.0 Å². The van der Waals surface area contributed by atoms with Gasteiger partial charge in [-0.2, -0.15) is 0 Å². The summed E-state index contributed by atoms with van der Waals surface area (Å²) in [4.78, 5) is 2.53. The Labute approximate surface area is 110 Å². The largest absolute Gasteiger partial charge is 0.380 e. The molecule has 0 aromatic heterocycles. The van der Waals surface area contributed by atoms with E-state index in [4.69, 9.17) is 4.74 Å². The van der Waals surface area contributed by atoms with Crippen LogP contribution in [0.15, 0.2) is 30.3 Å². The number of nitrogens with zero attached hydrogens (tertiary/aromatic N) is 1. The SMILES string of the molecule is CNC(c1ccccc1)C(C)N1CCCOCC1. The molecule has 1 fully saturated rings. The van der Waals surface area contributed by atoms with E-state index >= 15 is 0 Å². The van der Waals surface area contributed by atoms with Crippen molar-refractivity contribution in [1.82, 2.24) is 10.2 Å². The molecule has 1 heterocycles. The first-order chi connectivity index (χ1) is 8.83. The summed E-state index contributed by atoms with van der Waals surface area (Å²) in [6.07, 6.45) is 1.13. The fourth-order valence-corrected chi connectivity index (χ4v) is 2.73. The summed E-state index contributed by atoms with van der Waals surface area (Å²) in [6, 6.07) is 11.6. The van der Waals surface area contributed by atoms with Crippen LogP contribution in [0.3, 0.4) is 0 Å². The van der Waals surface area contributed by atoms with E-state index in [1.807, 2.05) is 7.05 Å². The van der Waals surface area contributed by atoms with E-state index in [0.717, 1.165) is 32.7 Å². The van der Waals surface area contributed by atoms with Crippen LogP contribution >= 0.6 is 0 Å². The predicted octanol–water partition coefficient (Wildman–Crippen LogP) is 2.06. The minimum absolute atomic E-state index is 0.379. The van der Waals surface area contributed by atoms with Gasteiger partial charge in [-0.1, -0.05) is 30.3 Å². The third kappa shape index (κ3) is 3.31. The smallest absolute Gasteiger partial charge is 0.0593 e. The van der Waals surface area contributed by atoms with Crippen molar-refractivity contribution in [3.05, 3.63) is 35.9 Å². The first-order valence-corrected chi connectivity index (χ1v) is 6.87. The maximum atomic E-state index is 5.53. The van der Waals surface area contributed by atoms with E-state index in [-0.39, 0.29) is 0 Å². The highest BCUT2D eigenvalue weighted by molar-refractivity contribution is 5.20. The van der Waals surface area contributed by atoms with Gasteiger partial charge in [0, 0.05) is 31.8 Å². The van der Waals surface area contributed by atoms with Gasteiger partial charge in [-0.15, -0.1) is 0 Å². The van der Waals surface area contributed by atoms with Crippen molar-refractivity contribution in [1.29, 1.82) is 0 Å². The fourth-order valence-electron chi connectivity index (χ4n) is 2.73. The zero-order valence-corrected chi connectivity index (χ0v) is 11.4. The minimum Gasteiger partial charge on any atom is -0.380 e. The lowest BCUT2D eigenvalue weighted by molar-refractivity contribution is 0.126. The molecule has 0 saturated carbocycles. The summed E-state index contributed by atoms with van der Waals surface area (Å²) >= 11 is 0. The summed E-state index contributed by atoms with van der Waals surface area (Å²) in [5.41, 5.74) is 1.36. The van der Waals surface area contributed by atoms with Crippen LogP contribution in [-0.4, -0.2) is 44.3 Å². The van der Waals surface area contributed by atoms with Gasteiger partial charge in [0.1, 0.15) is 0 Å². The van der Waals surface area contributed by atoms with Gasteiger partial charge in [0.15, 0.2) is 0 Å². The van der Waals surface area contributed by atoms with Gasteiger partial charge in [0.05, 0.1) is 6.61 Å². The van der Waals surface area contributed by atoms with Crippen LogP contribution in [0.1, 0.15) is 24.9 Å². The Balaban J connectivity index is 2.06. The molecule has 0 radical (unpaired) electrons. The lowest BCUT2D eigenvalue weighted by Crippen LogP contribution is -2.43. The number of hydrogen-bond acceptors (Lipinski definition) is 3. The van der Waals surface area contributed by atoms with E-state index in [0.29, 0.717) is 12.1 Å². The van der Waals surface area contributed by atoms with E-state index in [2.05, 4.69) is 47.5 Å². The van der Waals surface area contributed by atoms with E-state index in [1.54, 1.807) is 0 Å².